The normalized spacial score (nSPS) is 28.1. The lowest BCUT2D eigenvalue weighted by molar-refractivity contribution is -0.155. The van der Waals surface area contributed by atoms with Crippen molar-refractivity contribution in [3.05, 3.63) is 49.6 Å². The van der Waals surface area contributed by atoms with Gasteiger partial charge in [-0.2, -0.15) is 0 Å². The lowest BCUT2D eigenvalue weighted by atomic mass is 9.70. The van der Waals surface area contributed by atoms with Gasteiger partial charge in [0.1, 0.15) is 17.4 Å². The smallest absolute Gasteiger partial charge is 0.312 e. The van der Waals surface area contributed by atoms with Gasteiger partial charge in [-0.15, -0.1) is 13.2 Å². The van der Waals surface area contributed by atoms with Gasteiger partial charge in [0.25, 0.3) is 5.91 Å². The van der Waals surface area contributed by atoms with Crippen molar-refractivity contribution >= 4 is 23.5 Å². The molecule has 38 heavy (non-hydrogen) atoms. The number of allylic oxidation sites excluding steroid dienone is 1. The number of hydrogen-bond donors (Lipinski definition) is 1. The maximum Gasteiger partial charge on any atom is 0.312 e. The number of esters is 1. The highest BCUT2D eigenvalue weighted by Crippen LogP contribution is 2.59. The molecule has 4 rings (SSSR count). The van der Waals surface area contributed by atoms with Crippen LogP contribution in [0.4, 0.5) is 5.69 Å². The van der Waals surface area contributed by atoms with Gasteiger partial charge in [0.15, 0.2) is 0 Å². The van der Waals surface area contributed by atoms with Gasteiger partial charge in [-0.1, -0.05) is 19.1 Å². The van der Waals surface area contributed by atoms with E-state index < -0.39 is 41.6 Å². The van der Waals surface area contributed by atoms with Crippen molar-refractivity contribution in [3.63, 3.8) is 0 Å². The Labute approximate surface area is 224 Å². The molecule has 3 fully saturated rings. The van der Waals surface area contributed by atoms with Crippen molar-refractivity contribution < 1.29 is 33.7 Å². The number of nitrogens with zero attached hydrogens (tertiary/aromatic N) is 2. The van der Waals surface area contributed by atoms with Crippen LogP contribution in [0.5, 0.6) is 5.75 Å². The van der Waals surface area contributed by atoms with E-state index in [1.54, 1.807) is 48.4 Å². The molecule has 2 bridgehead atoms. The van der Waals surface area contributed by atoms with E-state index in [-0.39, 0.29) is 31.6 Å². The Morgan fingerprint density at radius 3 is 2.63 bits per heavy atom. The molecule has 1 aromatic carbocycles. The standard InChI is InChI=1S/C29H38N2O7/c1-5-8-9-17-37-28(35)23-22-14-15-29(38-22)24(23)26(33)31(19(7-3)18-32)25(29)27(34)30(16-6-2)20-10-12-21(36-4)13-11-20/h5-6,10-13,19,22-25,32H,1-2,7-9,14-18H2,3-4H3/t19-,22-,23+,24-,25?,29?/m0/s1. The zero-order chi connectivity index (χ0) is 27.4. The molecule has 206 valence electrons. The summed E-state index contributed by atoms with van der Waals surface area (Å²) < 4.78 is 17.3. The van der Waals surface area contributed by atoms with Crippen molar-refractivity contribution in [2.24, 2.45) is 11.8 Å². The van der Waals surface area contributed by atoms with E-state index in [1.165, 1.54) is 4.90 Å². The van der Waals surface area contributed by atoms with Gasteiger partial charge < -0.3 is 29.1 Å². The van der Waals surface area contributed by atoms with Crippen LogP contribution in [0.15, 0.2) is 49.6 Å². The first-order valence-electron chi connectivity index (χ1n) is 13.3. The average Bonchev–Trinajstić information content (AvgIpc) is 3.58. The Morgan fingerprint density at radius 1 is 1.29 bits per heavy atom. The number of anilines is 1. The van der Waals surface area contributed by atoms with Gasteiger partial charge in [-0.3, -0.25) is 14.4 Å². The number of rotatable bonds is 13. The van der Waals surface area contributed by atoms with Crippen LogP contribution in [-0.2, 0) is 23.9 Å². The molecule has 2 unspecified atom stereocenters. The minimum atomic E-state index is -1.17. The lowest BCUT2D eigenvalue weighted by Crippen LogP contribution is -2.59. The van der Waals surface area contributed by atoms with Crippen molar-refractivity contribution in [2.75, 3.05) is 31.8 Å². The molecule has 6 atom stereocenters. The van der Waals surface area contributed by atoms with E-state index in [0.29, 0.717) is 43.5 Å². The number of hydrogen-bond acceptors (Lipinski definition) is 7. The first kappa shape index (κ1) is 27.9. The molecule has 2 amide bonds. The Kier molecular flexibility index (Phi) is 8.57. The highest BCUT2D eigenvalue weighted by atomic mass is 16.6. The van der Waals surface area contributed by atoms with Crippen LogP contribution in [0.25, 0.3) is 0 Å². The summed E-state index contributed by atoms with van der Waals surface area (Å²) in [6.07, 6.45) is 5.71. The molecular formula is C29H38N2O7. The molecule has 9 nitrogen and oxygen atoms in total. The van der Waals surface area contributed by atoms with Gasteiger partial charge >= 0.3 is 5.97 Å². The molecule has 9 heteroatoms. The summed E-state index contributed by atoms with van der Waals surface area (Å²) >= 11 is 0. The van der Waals surface area contributed by atoms with Crippen LogP contribution in [0.1, 0.15) is 39.0 Å². The number of carbonyl (C=O) groups excluding carboxylic acids is 3. The summed E-state index contributed by atoms with van der Waals surface area (Å²) in [5.41, 5.74) is -0.552. The number of aliphatic hydroxyl groups excluding tert-OH is 1. The average molecular weight is 527 g/mol. The monoisotopic (exact) mass is 526 g/mol. The van der Waals surface area contributed by atoms with E-state index in [4.69, 9.17) is 14.2 Å². The van der Waals surface area contributed by atoms with E-state index >= 15 is 0 Å². The molecule has 0 aliphatic carbocycles. The Morgan fingerprint density at radius 2 is 2.03 bits per heavy atom. The molecule has 1 N–H and O–H groups in total. The van der Waals surface area contributed by atoms with E-state index in [9.17, 15) is 19.5 Å². The summed E-state index contributed by atoms with van der Waals surface area (Å²) in [6.45, 7) is 9.49. The largest absolute Gasteiger partial charge is 0.497 e. The van der Waals surface area contributed by atoms with Gasteiger partial charge in [0.05, 0.1) is 44.3 Å². The minimum Gasteiger partial charge on any atom is -0.497 e. The van der Waals surface area contributed by atoms with Crippen LogP contribution in [0.2, 0.25) is 0 Å². The van der Waals surface area contributed by atoms with Crippen molar-refractivity contribution in [3.8, 4) is 5.75 Å². The van der Waals surface area contributed by atoms with Crippen LogP contribution in [-0.4, -0.2) is 78.4 Å². The third-order valence-corrected chi connectivity index (χ3v) is 8.08. The Bertz CT molecular complexity index is 1050. The maximum atomic E-state index is 14.4. The summed E-state index contributed by atoms with van der Waals surface area (Å²) in [5, 5.41) is 10.2. The molecule has 0 saturated carbocycles. The molecule has 0 radical (unpaired) electrons. The van der Waals surface area contributed by atoms with E-state index in [2.05, 4.69) is 13.2 Å². The number of amides is 2. The highest BCUT2D eigenvalue weighted by molar-refractivity contribution is 6.04. The second-order valence-electron chi connectivity index (χ2n) is 10.1. The van der Waals surface area contributed by atoms with Gasteiger partial charge in [-0.25, -0.2) is 0 Å². The fourth-order valence-corrected chi connectivity index (χ4v) is 6.30. The molecule has 1 aromatic rings. The van der Waals surface area contributed by atoms with Crippen molar-refractivity contribution in [2.45, 2.75) is 62.8 Å². The highest BCUT2D eigenvalue weighted by Gasteiger charge is 2.75. The zero-order valence-corrected chi connectivity index (χ0v) is 22.2. The predicted molar refractivity (Wildman–Crippen MR) is 142 cm³/mol. The summed E-state index contributed by atoms with van der Waals surface area (Å²) in [6, 6.07) is 5.48. The Hall–Kier alpha value is -3.17. The van der Waals surface area contributed by atoms with E-state index in [0.717, 1.165) is 0 Å². The number of carbonyl (C=O) groups is 3. The van der Waals surface area contributed by atoms with Gasteiger partial charge in [0, 0.05) is 12.2 Å². The number of unbranched alkanes of at least 4 members (excludes halogenated alkanes) is 1. The minimum absolute atomic E-state index is 0.207. The second kappa shape index (κ2) is 11.7. The first-order valence-corrected chi connectivity index (χ1v) is 13.3. The van der Waals surface area contributed by atoms with Crippen LogP contribution >= 0.6 is 0 Å². The zero-order valence-electron chi connectivity index (χ0n) is 22.2. The van der Waals surface area contributed by atoms with E-state index in [1.807, 2.05) is 6.92 Å². The molecule has 0 aromatic heterocycles. The number of methoxy groups -OCH3 is 1. The number of aliphatic hydroxyl groups is 1. The van der Waals surface area contributed by atoms with Crippen molar-refractivity contribution in [1.29, 1.82) is 0 Å². The fraction of sp³-hybridized carbons (Fsp3) is 0.552. The number of likely N-dealkylation sites (tertiary alicyclic amines) is 1. The molecule has 3 heterocycles. The molecule has 1 spiro atoms. The topological polar surface area (TPSA) is 106 Å². The second-order valence-corrected chi connectivity index (χ2v) is 10.1. The summed E-state index contributed by atoms with van der Waals surface area (Å²) in [4.78, 5) is 44.7. The lowest BCUT2D eigenvalue weighted by Gasteiger charge is -2.39. The molecular weight excluding hydrogens is 488 g/mol. The quantitative estimate of drug-likeness (QED) is 0.239. The number of ether oxygens (including phenoxy) is 3. The summed E-state index contributed by atoms with van der Waals surface area (Å²) in [5.74, 6) is -2.13. The van der Waals surface area contributed by atoms with Crippen molar-refractivity contribution in [1.82, 2.24) is 4.90 Å². The Balaban J connectivity index is 1.72. The summed E-state index contributed by atoms with van der Waals surface area (Å²) in [7, 11) is 1.57. The predicted octanol–water partition coefficient (Wildman–Crippen LogP) is 2.87. The third-order valence-electron chi connectivity index (χ3n) is 8.08. The maximum absolute atomic E-state index is 14.4. The first-order chi connectivity index (χ1) is 18.4. The van der Waals surface area contributed by atoms with Gasteiger partial charge in [-0.05, 0) is 56.4 Å². The van der Waals surface area contributed by atoms with Crippen LogP contribution in [0, 0.1) is 11.8 Å². The van der Waals surface area contributed by atoms with Gasteiger partial charge in [0.2, 0.25) is 5.91 Å². The fourth-order valence-electron chi connectivity index (χ4n) is 6.30. The molecule has 3 aliphatic heterocycles. The van der Waals surface area contributed by atoms with Crippen LogP contribution in [0.3, 0.4) is 0 Å². The third kappa shape index (κ3) is 4.62. The molecule has 3 aliphatic rings. The number of fused-ring (bicyclic) bond motifs is 1. The molecule has 3 saturated heterocycles. The van der Waals surface area contributed by atoms with Crippen LogP contribution < -0.4 is 9.64 Å². The SMILES string of the molecule is C=CCCCOC(=O)[C@@H]1[C@@H]2CCC3(O2)C(C(=O)N(CC=C)c2ccc(OC)cc2)N([C@@H](CC)CO)C(=O)[C@H]13. The number of benzene rings is 1.